The van der Waals surface area contributed by atoms with E-state index in [1.807, 2.05) is 84.9 Å². The summed E-state index contributed by atoms with van der Waals surface area (Å²) < 4.78 is 0. The highest BCUT2D eigenvalue weighted by atomic mass is 35.5. The molecule has 2 amide bonds. The Morgan fingerprint density at radius 3 is 1.83 bits per heavy atom. The monoisotopic (exact) mass is 420 g/mol. The lowest BCUT2D eigenvalue weighted by Crippen LogP contribution is -2.37. The maximum atomic E-state index is 12.9. The molecule has 0 saturated heterocycles. The van der Waals surface area contributed by atoms with E-state index in [1.54, 1.807) is 0 Å². The molecular formula is C25H25ClN2O2. The van der Waals surface area contributed by atoms with Crippen LogP contribution in [0.1, 0.15) is 29.0 Å². The summed E-state index contributed by atoms with van der Waals surface area (Å²) in [5.74, 6) is -0.502. The van der Waals surface area contributed by atoms with Gasteiger partial charge in [0.1, 0.15) is 0 Å². The molecule has 3 aromatic rings. The maximum Gasteiger partial charge on any atom is 0.232 e. The fraction of sp³-hybridized carbons (Fsp3) is 0.200. The lowest BCUT2D eigenvalue weighted by molar-refractivity contribution is -0.123. The third kappa shape index (κ3) is 6.46. The molecule has 0 fully saturated rings. The van der Waals surface area contributed by atoms with Gasteiger partial charge >= 0.3 is 0 Å². The Bertz CT molecular complexity index is 904. The van der Waals surface area contributed by atoms with Crippen LogP contribution in [-0.4, -0.2) is 24.9 Å². The van der Waals surface area contributed by atoms with Gasteiger partial charge in [-0.2, -0.15) is 0 Å². The van der Waals surface area contributed by atoms with Crippen LogP contribution in [-0.2, 0) is 16.0 Å². The molecule has 0 unspecified atom stereocenters. The first-order valence-corrected chi connectivity index (χ1v) is 10.4. The van der Waals surface area contributed by atoms with Crippen LogP contribution in [0.3, 0.4) is 0 Å². The van der Waals surface area contributed by atoms with Gasteiger partial charge in [0.05, 0.1) is 5.92 Å². The largest absolute Gasteiger partial charge is 0.354 e. The second kappa shape index (κ2) is 11.2. The third-order valence-corrected chi connectivity index (χ3v) is 5.08. The minimum atomic E-state index is -0.381. The van der Waals surface area contributed by atoms with E-state index in [-0.39, 0.29) is 17.7 Å². The van der Waals surface area contributed by atoms with E-state index >= 15 is 0 Å². The molecule has 0 spiro atoms. The van der Waals surface area contributed by atoms with Crippen molar-refractivity contribution in [1.82, 2.24) is 10.6 Å². The zero-order valence-corrected chi connectivity index (χ0v) is 17.4. The Balaban J connectivity index is 1.47. The molecule has 2 N–H and O–H groups in total. The molecule has 3 aromatic carbocycles. The number of carbonyl (C=O) groups is 2. The van der Waals surface area contributed by atoms with Crippen molar-refractivity contribution >= 4 is 23.4 Å². The predicted molar refractivity (Wildman–Crippen MR) is 121 cm³/mol. The number of benzene rings is 3. The average molecular weight is 421 g/mol. The topological polar surface area (TPSA) is 58.2 Å². The number of aryl methyl sites for hydroxylation is 1. The van der Waals surface area contributed by atoms with Crippen LogP contribution >= 0.6 is 11.6 Å². The van der Waals surface area contributed by atoms with Crippen molar-refractivity contribution in [3.05, 3.63) is 107 Å². The van der Waals surface area contributed by atoms with Gasteiger partial charge in [-0.25, -0.2) is 0 Å². The highest BCUT2D eigenvalue weighted by Crippen LogP contribution is 2.24. The third-order valence-electron chi connectivity index (χ3n) is 4.83. The van der Waals surface area contributed by atoms with Crippen molar-refractivity contribution in [2.75, 3.05) is 13.1 Å². The molecule has 5 heteroatoms. The molecule has 4 nitrogen and oxygen atoms in total. The number of nitrogens with one attached hydrogen (secondary N) is 2. The number of hydrogen-bond acceptors (Lipinski definition) is 2. The summed E-state index contributed by atoms with van der Waals surface area (Å²) in [6.45, 7) is 0.767. The molecule has 0 aliphatic heterocycles. The first kappa shape index (κ1) is 21.6. The Morgan fingerprint density at radius 1 is 0.733 bits per heavy atom. The van der Waals surface area contributed by atoms with Crippen molar-refractivity contribution < 1.29 is 9.59 Å². The maximum absolute atomic E-state index is 12.9. The van der Waals surface area contributed by atoms with Crippen molar-refractivity contribution in [2.24, 2.45) is 0 Å². The van der Waals surface area contributed by atoms with Crippen LogP contribution in [0.2, 0.25) is 5.02 Å². The van der Waals surface area contributed by atoms with E-state index in [1.165, 1.54) is 0 Å². The number of hydrogen-bond donors (Lipinski definition) is 2. The van der Waals surface area contributed by atoms with Crippen LogP contribution in [0.25, 0.3) is 0 Å². The Morgan fingerprint density at radius 2 is 1.27 bits per heavy atom. The molecule has 154 valence electrons. The fourth-order valence-corrected chi connectivity index (χ4v) is 3.40. The van der Waals surface area contributed by atoms with E-state index in [4.69, 9.17) is 11.6 Å². The zero-order valence-electron chi connectivity index (χ0n) is 16.7. The minimum absolute atomic E-state index is 0.0399. The zero-order chi connectivity index (χ0) is 21.2. The summed E-state index contributed by atoms with van der Waals surface area (Å²) in [6.07, 6.45) is 1.05. The van der Waals surface area contributed by atoms with Crippen LogP contribution in [0, 0.1) is 0 Å². The summed E-state index contributed by atoms with van der Waals surface area (Å²) in [4.78, 5) is 24.9. The van der Waals surface area contributed by atoms with Gasteiger partial charge in [0.15, 0.2) is 0 Å². The molecule has 0 aromatic heterocycles. The highest BCUT2D eigenvalue weighted by molar-refractivity contribution is 6.30. The SMILES string of the molecule is O=C(CCc1ccc(Cl)cc1)NCCNC(=O)C(c1ccccc1)c1ccccc1. The van der Waals surface area contributed by atoms with Gasteiger partial charge in [0.25, 0.3) is 0 Å². The van der Waals surface area contributed by atoms with Crippen molar-refractivity contribution in [3.8, 4) is 0 Å². The van der Waals surface area contributed by atoms with Gasteiger partial charge in [-0.05, 0) is 35.2 Å². The van der Waals surface area contributed by atoms with Gasteiger partial charge in [-0.3, -0.25) is 9.59 Å². The number of halogens is 1. The number of amides is 2. The van der Waals surface area contributed by atoms with Gasteiger partial charge in [-0.15, -0.1) is 0 Å². The molecule has 0 aliphatic carbocycles. The Hall–Kier alpha value is -3.11. The lowest BCUT2D eigenvalue weighted by atomic mass is 9.90. The second-order valence-corrected chi connectivity index (χ2v) is 7.46. The van der Waals surface area contributed by atoms with Crippen LogP contribution in [0.15, 0.2) is 84.9 Å². The molecule has 0 saturated carbocycles. The van der Waals surface area contributed by atoms with Gasteiger partial charge < -0.3 is 10.6 Å². The van der Waals surface area contributed by atoms with E-state index < -0.39 is 0 Å². The van der Waals surface area contributed by atoms with E-state index in [0.29, 0.717) is 31.0 Å². The summed E-state index contributed by atoms with van der Waals surface area (Å²) >= 11 is 5.87. The number of rotatable bonds is 9. The summed E-state index contributed by atoms with van der Waals surface area (Å²) in [6, 6.07) is 26.9. The Labute approximate surface area is 182 Å². The summed E-state index contributed by atoms with van der Waals surface area (Å²) in [7, 11) is 0. The first-order chi connectivity index (χ1) is 14.6. The molecule has 30 heavy (non-hydrogen) atoms. The molecule has 0 aliphatic rings. The van der Waals surface area contributed by atoms with Crippen molar-refractivity contribution in [1.29, 1.82) is 0 Å². The summed E-state index contributed by atoms with van der Waals surface area (Å²) in [5, 5.41) is 6.49. The fourth-order valence-electron chi connectivity index (χ4n) is 3.27. The minimum Gasteiger partial charge on any atom is -0.354 e. The smallest absolute Gasteiger partial charge is 0.232 e. The van der Waals surface area contributed by atoms with E-state index in [2.05, 4.69) is 10.6 Å². The Kier molecular flexibility index (Phi) is 8.04. The molecular weight excluding hydrogens is 396 g/mol. The second-order valence-electron chi connectivity index (χ2n) is 7.02. The van der Waals surface area contributed by atoms with Gasteiger partial charge in [-0.1, -0.05) is 84.4 Å². The van der Waals surface area contributed by atoms with Crippen LogP contribution < -0.4 is 10.6 Å². The van der Waals surface area contributed by atoms with Crippen LogP contribution in [0.4, 0.5) is 0 Å². The normalized spacial score (nSPS) is 10.6. The summed E-state index contributed by atoms with van der Waals surface area (Å²) in [5.41, 5.74) is 2.94. The molecule has 0 heterocycles. The molecule has 3 rings (SSSR count). The molecule has 0 atom stereocenters. The van der Waals surface area contributed by atoms with E-state index in [9.17, 15) is 9.59 Å². The average Bonchev–Trinajstić information content (AvgIpc) is 2.78. The molecule has 0 radical (unpaired) electrons. The highest BCUT2D eigenvalue weighted by Gasteiger charge is 2.21. The van der Waals surface area contributed by atoms with E-state index in [0.717, 1.165) is 16.7 Å². The standard InChI is InChI=1S/C25H25ClN2O2/c26-22-14-11-19(12-15-22)13-16-23(29)27-17-18-28-25(30)24(20-7-3-1-4-8-20)21-9-5-2-6-10-21/h1-12,14-15,24H,13,16-18H2,(H,27,29)(H,28,30). The first-order valence-electron chi connectivity index (χ1n) is 10.0. The number of carbonyl (C=O) groups excluding carboxylic acids is 2. The van der Waals surface area contributed by atoms with Gasteiger partial charge in [0.2, 0.25) is 11.8 Å². The van der Waals surface area contributed by atoms with Gasteiger partial charge in [0, 0.05) is 24.5 Å². The lowest BCUT2D eigenvalue weighted by Gasteiger charge is -2.18. The van der Waals surface area contributed by atoms with Crippen molar-refractivity contribution in [3.63, 3.8) is 0 Å². The predicted octanol–water partition coefficient (Wildman–Crippen LogP) is 4.34. The van der Waals surface area contributed by atoms with Crippen molar-refractivity contribution in [2.45, 2.75) is 18.8 Å². The molecule has 0 bridgehead atoms. The quantitative estimate of drug-likeness (QED) is 0.506. The van der Waals surface area contributed by atoms with Crippen LogP contribution in [0.5, 0.6) is 0 Å².